The average molecular weight is 212 g/mol. The van der Waals surface area contributed by atoms with Crippen molar-refractivity contribution in [2.75, 3.05) is 0 Å². The van der Waals surface area contributed by atoms with Crippen LogP contribution >= 0.6 is 0 Å². The van der Waals surface area contributed by atoms with Gasteiger partial charge in [-0.15, -0.1) is 0 Å². The van der Waals surface area contributed by atoms with Gasteiger partial charge in [0, 0.05) is 5.56 Å². The van der Waals surface area contributed by atoms with E-state index in [-0.39, 0.29) is 17.1 Å². The van der Waals surface area contributed by atoms with E-state index in [9.17, 15) is 14.6 Å². The summed E-state index contributed by atoms with van der Waals surface area (Å²) in [5.41, 5.74) is 0.186. The zero-order valence-corrected chi connectivity index (χ0v) is 8.91. The molecule has 1 aromatic carbocycles. The summed E-state index contributed by atoms with van der Waals surface area (Å²) in [5, 5.41) is 18.6. The summed E-state index contributed by atoms with van der Waals surface area (Å²) in [6.45, 7) is 2.05. The minimum atomic E-state index is -1.19. The van der Waals surface area contributed by atoms with Gasteiger partial charge >= 0.3 is 0 Å². The van der Waals surface area contributed by atoms with Crippen LogP contribution in [0.3, 0.4) is 0 Å². The van der Waals surface area contributed by atoms with E-state index in [1.54, 1.807) is 0 Å². The van der Waals surface area contributed by atoms with Crippen molar-refractivity contribution >= 4 is 0 Å². The van der Waals surface area contributed by atoms with Gasteiger partial charge in [-0.2, -0.15) is 0 Å². The van der Waals surface area contributed by atoms with Crippen molar-refractivity contribution in [2.45, 2.75) is 38.8 Å². The maximum absolute atomic E-state index is 13.6. The second kappa shape index (κ2) is 5.59. The standard InChI is InChI=1S/C12H17FO2/c1-2-3-4-7-10(13)9-6-5-8-11(14)12(9)15/h5-6,8,10,14-15H,2-4,7H2,1H3. The highest BCUT2D eigenvalue weighted by Gasteiger charge is 2.15. The van der Waals surface area contributed by atoms with Gasteiger partial charge in [0.1, 0.15) is 6.17 Å². The van der Waals surface area contributed by atoms with Gasteiger partial charge in [-0.05, 0) is 12.5 Å². The molecule has 3 heteroatoms. The van der Waals surface area contributed by atoms with E-state index in [2.05, 4.69) is 6.92 Å². The van der Waals surface area contributed by atoms with Gasteiger partial charge in [-0.1, -0.05) is 38.3 Å². The summed E-state index contributed by atoms with van der Waals surface area (Å²) in [5.74, 6) is -0.591. The molecule has 84 valence electrons. The first-order valence-corrected chi connectivity index (χ1v) is 5.31. The van der Waals surface area contributed by atoms with E-state index < -0.39 is 6.17 Å². The summed E-state index contributed by atoms with van der Waals surface area (Å²) in [6, 6.07) is 4.39. The fourth-order valence-electron chi connectivity index (χ4n) is 1.53. The van der Waals surface area contributed by atoms with E-state index in [0.717, 1.165) is 19.3 Å². The Morgan fingerprint density at radius 1 is 1.27 bits per heavy atom. The molecule has 0 radical (unpaired) electrons. The molecule has 0 aromatic heterocycles. The van der Waals surface area contributed by atoms with Gasteiger partial charge in [-0.3, -0.25) is 0 Å². The van der Waals surface area contributed by atoms with E-state index in [0.29, 0.717) is 6.42 Å². The number of alkyl halides is 1. The molecule has 15 heavy (non-hydrogen) atoms. The topological polar surface area (TPSA) is 40.5 Å². The summed E-state index contributed by atoms with van der Waals surface area (Å²) in [6.07, 6.45) is 2.03. The molecule has 2 N–H and O–H groups in total. The largest absolute Gasteiger partial charge is 0.504 e. The number of halogens is 1. The molecule has 0 aliphatic carbocycles. The van der Waals surface area contributed by atoms with Crippen molar-refractivity contribution in [3.8, 4) is 11.5 Å². The molecule has 0 aliphatic heterocycles. The van der Waals surface area contributed by atoms with Crippen LogP contribution in [0.25, 0.3) is 0 Å². The molecule has 0 spiro atoms. The lowest BCUT2D eigenvalue weighted by atomic mass is 10.0. The minimum absolute atomic E-state index is 0.186. The number of aromatic hydroxyl groups is 2. The Labute approximate surface area is 89.4 Å². The van der Waals surface area contributed by atoms with E-state index >= 15 is 0 Å². The Morgan fingerprint density at radius 3 is 2.67 bits per heavy atom. The molecule has 0 bridgehead atoms. The predicted molar refractivity (Wildman–Crippen MR) is 57.8 cm³/mol. The molecule has 1 rings (SSSR count). The smallest absolute Gasteiger partial charge is 0.163 e. The lowest BCUT2D eigenvalue weighted by Gasteiger charge is -2.10. The number of unbranched alkanes of at least 4 members (excludes halogenated alkanes) is 2. The van der Waals surface area contributed by atoms with Crippen molar-refractivity contribution in [1.29, 1.82) is 0 Å². The van der Waals surface area contributed by atoms with Crippen LogP contribution < -0.4 is 0 Å². The summed E-state index contributed by atoms with van der Waals surface area (Å²) in [7, 11) is 0. The predicted octanol–water partition coefficient (Wildman–Crippen LogP) is 3.69. The molecule has 0 fully saturated rings. The molecule has 0 saturated carbocycles. The molecule has 0 saturated heterocycles. The van der Waals surface area contributed by atoms with Crippen LogP contribution in [0.1, 0.15) is 44.3 Å². The van der Waals surface area contributed by atoms with Crippen molar-refractivity contribution < 1.29 is 14.6 Å². The van der Waals surface area contributed by atoms with Crippen LogP contribution in [0.15, 0.2) is 18.2 Å². The molecule has 1 atom stereocenters. The van der Waals surface area contributed by atoms with Gasteiger partial charge in [0.05, 0.1) is 0 Å². The molecule has 2 nitrogen and oxygen atoms in total. The Bertz CT molecular complexity index is 312. The van der Waals surface area contributed by atoms with E-state index in [4.69, 9.17) is 0 Å². The van der Waals surface area contributed by atoms with Gasteiger partial charge < -0.3 is 10.2 Å². The van der Waals surface area contributed by atoms with Crippen molar-refractivity contribution in [2.24, 2.45) is 0 Å². The molecule has 0 amide bonds. The summed E-state index contributed by atoms with van der Waals surface area (Å²) >= 11 is 0. The SMILES string of the molecule is CCCCCC(F)c1cccc(O)c1O. The van der Waals surface area contributed by atoms with E-state index in [1.807, 2.05) is 0 Å². The Kier molecular flexibility index (Phi) is 4.40. The average Bonchev–Trinajstić information content (AvgIpc) is 2.22. The highest BCUT2D eigenvalue weighted by Crippen LogP contribution is 2.36. The summed E-state index contributed by atoms with van der Waals surface area (Å²) < 4.78 is 13.6. The fourth-order valence-corrected chi connectivity index (χ4v) is 1.53. The van der Waals surface area contributed by atoms with Gasteiger partial charge in [0.2, 0.25) is 0 Å². The number of hydrogen-bond acceptors (Lipinski definition) is 2. The van der Waals surface area contributed by atoms with Crippen LogP contribution in [0.2, 0.25) is 0 Å². The lowest BCUT2D eigenvalue weighted by molar-refractivity contribution is 0.298. The second-order valence-electron chi connectivity index (χ2n) is 3.68. The first-order valence-electron chi connectivity index (χ1n) is 5.31. The Hall–Kier alpha value is -1.25. The number of phenols is 2. The van der Waals surface area contributed by atoms with Gasteiger partial charge in [-0.25, -0.2) is 4.39 Å². The number of hydrogen-bond donors (Lipinski definition) is 2. The lowest BCUT2D eigenvalue weighted by Crippen LogP contribution is -1.92. The maximum Gasteiger partial charge on any atom is 0.163 e. The molecular weight excluding hydrogens is 195 g/mol. The monoisotopic (exact) mass is 212 g/mol. The van der Waals surface area contributed by atoms with Crippen molar-refractivity contribution in [3.05, 3.63) is 23.8 Å². The van der Waals surface area contributed by atoms with Crippen LogP contribution in [-0.2, 0) is 0 Å². The number of benzene rings is 1. The highest BCUT2D eigenvalue weighted by atomic mass is 19.1. The number of para-hydroxylation sites is 1. The fraction of sp³-hybridized carbons (Fsp3) is 0.500. The molecule has 1 aromatic rings. The number of phenolic OH excluding ortho intramolecular Hbond substituents is 2. The molecule has 0 heterocycles. The quantitative estimate of drug-likeness (QED) is 0.577. The third-order valence-corrected chi connectivity index (χ3v) is 2.44. The summed E-state index contributed by atoms with van der Waals surface area (Å²) in [4.78, 5) is 0. The Morgan fingerprint density at radius 2 is 2.00 bits per heavy atom. The van der Waals surface area contributed by atoms with Crippen LogP contribution in [-0.4, -0.2) is 10.2 Å². The third kappa shape index (κ3) is 3.11. The third-order valence-electron chi connectivity index (χ3n) is 2.44. The van der Waals surface area contributed by atoms with Gasteiger partial charge in [0.15, 0.2) is 11.5 Å². The minimum Gasteiger partial charge on any atom is -0.504 e. The van der Waals surface area contributed by atoms with Crippen molar-refractivity contribution in [1.82, 2.24) is 0 Å². The van der Waals surface area contributed by atoms with Gasteiger partial charge in [0.25, 0.3) is 0 Å². The zero-order chi connectivity index (χ0) is 11.3. The first-order chi connectivity index (χ1) is 7.16. The highest BCUT2D eigenvalue weighted by molar-refractivity contribution is 5.45. The second-order valence-corrected chi connectivity index (χ2v) is 3.68. The molecule has 0 aliphatic rings. The Balaban J connectivity index is 2.65. The molecule has 1 unspecified atom stereocenters. The maximum atomic E-state index is 13.6. The zero-order valence-electron chi connectivity index (χ0n) is 8.91. The van der Waals surface area contributed by atoms with Crippen LogP contribution in [0.4, 0.5) is 4.39 Å². The normalized spacial score (nSPS) is 12.7. The van der Waals surface area contributed by atoms with Crippen LogP contribution in [0.5, 0.6) is 11.5 Å². The number of rotatable bonds is 5. The molecular formula is C12H17FO2. The first kappa shape index (κ1) is 11.8. The van der Waals surface area contributed by atoms with E-state index in [1.165, 1.54) is 18.2 Å². The van der Waals surface area contributed by atoms with Crippen molar-refractivity contribution in [3.63, 3.8) is 0 Å². The van der Waals surface area contributed by atoms with Crippen LogP contribution in [0, 0.1) is 0 Å².